The van der Waals surface area contributed by atoms with Crippen molar-refractivity contribution in [3.8, 4) is 0 Å². The molecule has 1 aromatic rings. The van der Waals surface area contributed by atoms with E-state index < -0.39 is 12.1 Å². The fraction of sp³-hybridized carbons (Fsp3) is 0.286. The van der Waals surface area contributed by atoms with Crippen LogP contribution in [-0.4, -0.2) is 23.0 Å². The Morgan fingerprint density at radius 2 is 1.89 bits per heavy atom. The zero-order valence-electron chi connectivity index (χ0n) is 10.5. The molecule has 0 heterocycles. The number of benzene rings is 1. The van der Waals surface area contributed by atoms with Gasteiger partial charge in [-0.25, -0.2) is 0 Å². The Hall–Kier alpha value is -2.10. The Morgan fingerprint density at radius 3 is 2.33 bits per heavy atom. The number of carbonyl (C=O) groups excluding carboxylic acids is 1. The first kappa shape index (κ1) is 14.0. The van der Waals surface area contributed by atoms with Crippen molar-refractivity contribution in [1.82, 2.24) is 0 Å². The van der Waals surface area contributed by atoms with Gasteiger partial charge in [0.15, 0.2) is 11.9 Å². The summed E-state index contributed by atoms with van der Waals surface area (Å²) in [5.74, 6) is -1.10. The predicted molar refractivity (Wildman–Crippen MR) is 68.0 cm³/mol. The molecule has 0 radical (unpaired) electrons. The topological polar surface area (TPSA) is 63.6 Å². The van der Waals surface area contributed by atoms with Crippen molar-refractivity contribution < 1.29 is 19.4 Å². The number of ether oxygens (including phenoxy) is 1. The van der Waals surface area contributed by atoms with Crippen LogP contribution >= 0.6 is 0 Å². The summed E-state index contributed by atoms with van der Waals surface area (Å²) < 4.78 is 5.32. The van der Waals surface area contributed by atoms with E-state index in [0.29, 0.717) is 5.76 Å². The van der Waals surface area contributed by atoms with Crippen LogP contribution < -0.4 is 0 Å². The lowest BCUT2D eigenvalue weighted by molar-refractivity contribution is -0.142. The van der Waals surface area contributed by atoms with Crippen LogP contribution in [0.1, 0.15) is 24.5 Å². The molecule has 0 aliphatic heterocycles. The number of ketones is 1. The third-order valence-corrected chi connectivity index (χ3v) is 2.47. The molecule has 0 spiro atoms. The van der Waals surface area contributed by atoms with Gasteiger partial charge >= 0.3 is 5.97 Å². The molecule has 1 aromatic carbocycles. The van der Waals surface area contributed by atoms with Crippen LogP contribution in [0.4, 0.5) is 0 Å². The lowest BCUT2D eigenvalue weighted by Crippen LogP contribution is -2.24. The van der Waals surface area contributed by atoms with Crippen molar-refractivity contribution >= 4 is 17.5 Å². The Bertz CT molecular complexity index is 459. The smallest absolute Gasteiger partial charge is 0.307 e. The summed E-state index contributed by atoms with van der Waals surface area (Å²) in [5.41, 5.74) is 1.83. The van der Waals surface area contributed by atoms with Crippen LogP contribution in [0.2, 0.25) is 0 Å². The van der Waals surface area contributed by atoms with Gasteiger partial charge in [0.2, 0.25) is 0 Å². The predicted octanol–water partition coefficient (Wildman–Crippen LogP) is 2.41. The number of aryl methyl sites for hydroxylation is 1. The van der Waals surface area contributed by atoms with Gasteiger partial charge in [-0.1, -0.05) is 36.4 Å². The number of hydrogen-bond donors (Lipinski definition) is 1. The third kappa shape index (κ3) is 4.05. The van der Waals surface area contributed by atoms with E-state index >= 15 is 0 Å². The molecule has 0 fully saturated rings. The minimum atomic E-state index is -1.08. The number of Topliss-reactive ketones (excluding diaryl/α,β-unsaturated/α-hetero) is 1. The van der Waals surface area contributed by atoms with E-state index in [9.17, 15) is 9.59 Å². The van der Waals surface area contributed by atoms with Gasteiger partial charge in [-0.2, -0.15) is 0 Å². The summed E-state index contributed by atoms with van der Waals surface area (Å²) in [6.45, 7) is 6.97. The number of carboxylic acid groups (broad SMARTS) is 1. The van der Waals surface area contributed by atoms with Crippen LogP contribution in [0, 0.1) is 6.92 Å². The van der Waals surface area contributed by atoms with Gasteiger partial charge in [0.1, 0.15) is 5.76 Å². The molecule has 4 heteroatoms. The second-order valence-corrected chi connectivity index (χ2v) is 4.10. The molecule has 1 N–H and O–H groups in total. The van der Waals surface area contributed by atoms with Crippen molar-refractivity contribution in [2.45, 2.75) is 26.4 Å². The third-order valence-electron chi connectivity index (χ3n) is 2.47. The van der Waals surface area contributed by atoms with Crippen molar-refractivity contribution in [3.63, 3.8) is 0 Å². The zero-order valence-corrected chi connectivity index (χ0v) is 10.5. The van der Waals surface area contributed by atoms with Gasteiger partial charge in [-0.05, 0) is 13.8 Å². The quantitative estimate of drug-likeness (QED) is 0.785. The van der Waals surface area contributed by atoms with Crippen LogP contribution in [-0.2, 0) is 14.3 Å². The molecule has 18 heavy (non-hydrogen) atoms. The second-order valence-electron chi connectivity index (χ2n) is 4.10. The molecule has 1 rings (SSSR count). The van der Waals surface area contributed by atoms with Crippen LogP contribution in [0.25, 0.3) is 5.76 Å². The monoisotopic (exact) mass is 248 g/mol. The van der Waals surface area contributed by atoms with E-state index in [1.54, 1.807) is 0 Å². The summed E-state index contributed by atoms with van der Waals surface area (Å²) >= 11 is 0. The summed E-state index contributed by atoms with van der Waals surface area (Å²) in [6, 6.07) is 7.42. The average molecular weight is 248 g/mol. The zero-order chi connectivity index (χ0) is 13.7. The number of rotatable bonds is 6. The lowest BCUT2D eigenvalue weighted by atomic mass is 10.1. The van der Waals surface area contributed by atoms with E-state index in [0.717, 1.165) is 11.1 Å². The molecule has 0 saturated heterocycles. The molecule has 0 aliphatic rings. The van der Waals surface area contributed by atoms with Gasteiger partial charge < -0.3 is 9.84 Å². The number of hydrogen-bond acceptors (Lipinski definition) is 3. The van der Waals surface area contributed by atoms with Gasteiger partial charge in [-0.3, -0.25) is 9.59 Å². The minimum absolute atomic E-state index is 0.302. The van der Waals surface area contributed by atoms with E-state index in [-0.39, 0.29) is 12.2 Å². The Kier molecular flexibility index (Phi) is 4.66. The Morgan fingerprint density at radius 1 is 1.33 bits per heavy atom. The summed E-state index contributed by atoms with van der Waals surface area (Å²) in [7, 11) is 0. The first-order valence-electron chi connectivity index (χ1n) is 5.55. The summed E-state index contributed by atoms with van der Waals surface area (Å²) in [4.78, 5) is 21.9. The van der Waals surface area contributed by atoms with Crippen LogP contribution in [0.15, 0.2) is 30.8 Å². The summed E-state index contributed by atoms with van der Waals surface area (Å²) in [6.07, 6.45) is -1.35. The first-order valence-corrected chi connectivity index (χ1v) is 5.55. The molecule has 0 amide bonds. The molecule has 1 unspecified atom stereocenters. The fourth-order valence-corrected chi connectivity index (χ4v) is 1.41. The molecular formula is C14H16O4. The van der Waals surface area contributed by atoms with E-state index in [2.05, 4.69) is 6.58 Å². The highest BCUT2D eigenvalue weighted by atomic mass is 16.5. The summed E-state index contributed by atoms with van der Waals surface area (Å²) in [5, 5.41) is 8.69. The van der Waals surface area contributed by atoms with Crippen LogP contribution in [0.3, 0.4) is 0 Å². The second kappa shape index (κ2) is 6.00. The number of aliphatic carboxylic acids is 1. The maximum atomic E-state index is 11.3. The maximum Gasteiger partial charge on any atom is 0.307 e. The van der Waals surface area contributed by atoms with Crippen LogP contribution in [0.5, 0.6) is 0 Å². The number of carbonyl (C=O) groups is 2. The number of carboxylic acids is 1. The first-order chi connectivity index (χ1) is 8.40. The van der Waals surface area contributed by atoms with Gasteiger partial charge in [0, 0.05) is 5.56 Å². The Labute approximate surface area is 106 Å². The molecule has 0 aromatic heterocycles. The highest BCUT2D eigenvalue weighted by Gasteiger charge is 2.20. The standard InChI is InChI=1S/C14H16O4/c1-9-4-6-12(7-5-9)11(3)18-13(10(2)15)8-14(16)17/h4-7,13H,3,8H2,1-2H3,(H,16,17). The van der Waals surface area contributed by atoms with Gasteiger partial charge in [0.05, 0.1) is 6.42 Å². The molecule has 96 valence electrons. The highest BCUT2D eigenvalue weighted by Crippen LogP contribution is 2.18. The molecule has 0 saturated carbocycles. The van der Waals surface area contributed by atoms with Gasteiger partial charge in [-0.15, -0.1) is 0 Å². The minimum Gasteiger partial charge on any atom is -0.482 e. The van der Waals surface area contributed by atoms with Gasteiger partial charge in [0.25, 0.3) is 0 Å². The fourth-order valence-electron chi connectivity index (χ4n) is 1.41. The van der Waals surface area contributed by atoms with E-state index in [4.69, 9.17) is 9.84 Å². The van der Waals surface area contributed by atoms with Crippen molar-refractivity contribution in [3.05, 3.63) is 42.0 Å². The van der Waals surface area contributed by atoms with Crippen molar-refractivity contribution in [2.75, 3.05) is 0 Å². The maximum absolute atomic E-state index is 11.3. The molecule has 0 aliphatic carbocycles. The molecule has 0 bridgehead atoms. The van der Waals surface area contributed by atoms with E-state index in [1.165, 1.54) is 6.92 Å². The average Bonchev–Trinajstić information content (AvgIpc) is 2.28. The van der Waals surface area contributed by atoms with E-state index in [1.807, 2.05) is 31.2 Å². The van der Waals surface area contributed by atoms with Crippen molar-refractivity contribution in [1.29, 1.82) is 0 Å². The molecule has 4 nitrogen and oxygen atoms in total. The SMILES string of the molecule is C=C(OC(CC(=O)O)C(C)=O)c1ccc(C)cc1. The molecule has 1 atom stereocenters. The lowest BCUT2D eigenvalue weighted by Gasteiger charge is -2.16. The largest absolute Gasteiger partial charge is 0.482 e. The normalized spacial score (nSPS) is 11.7. The van der Waals surface area contributed by atoms with Crippen molar-refractivity contribution in [2.24, 2.45) is 0 Å². The Balaban J connectivity index is 2.75. The highest BCUT2D eigenvalue weighted by molar-refractivity contribution is 5.85. The molecular weight excluding hydrogens is 232 g/mol.